The number of esters is 1. The minimum atomic E-state index is -1.47. The standard InChI is InChI=1S/C17H26O8/c18-10-12-14(20)15(21)16(22)17(25-12)24-11-6-2-1-5-9-23-13(19)8-4-3-7-11/h1-2,4,8,11-12,14-18,20-22H,3,5-7,9-10H2. The fourth-order valence-electron chi connectivity index (χ4n) is 2.71. The van der Waals surface area contributed by atoms with Crippen LogP contribution in [0.1, 0.15) is 25.7 Å². The van der Waals surface area contributed by atoms with E-state index in [1.54, 1.807) is 6.08 Å². The van der Waals surface area contributed by atoms with Crippen LogP contribution in [0.3, 0.4) is 0 Å². The zero-order valence-corrected chi connectivity index (χ0v) is 13.9. The molecule has 0 saturated carbocycles. The zero-order valence-electron chi connectivity index (χ0n) is 13.9. The predicted octanol–water partition coefficient (Wildman–Crippen LogP) is -0.599. The molecule has 0 bridgehead atoms. The molecular weight excluding hydrogens is 332 g/mol. The van der Waals surface area contributed by atoms with Crippen LogP contribution in [0.4, 0.5) is 0 Å². The number of ether oxygens (including phenoxy) is 3. The van der Waals surface area contributed by atoms with Gasteiger partial charge in [-0.1, -0.05) is 18.2 Å². The minimum Gasteiger partial charge on any atom is -0.462 e. The molecule has 2 aliphatic heterocycles. The maximum atomic E-state index is 11.4. The molecule has 2 rings (SSSR count). The predicted molar refractivity (Wildman–Crippen MR) is 86.3 cm³/mol. The van der Waals surface area contributed by atoms with E-state index >= 15 is 0 Å². The molecule has 0 aromatic carbocycles. The van der Waals surface area contributed by atoms with E-state index in [0.29, 0.717) is 32.3 Å². The van der Waals surface area contributed by atoms with E-state index in [-0.39, 0.29) is 12.1 Å². The van der Waals surface area contributed by atoms with Crippen molar-refractivity contribution in [1.29, 1.82) is 0 Å². The first-order chi connectivity index (χ1) is 12.0. The fraction of sp³-hybridized carbons (Fsp3) is 0.706. The highest BCUT2D eigenvalue weighted by atomic mass is 16.7. The molecule has 1 saturated heterocycles. The number of hydrogen-bond acceptors (Lipinski definition) is 8. The lowest BCUT2D eigenvalue weighted by molar-refractivity contribution is -0.311. The molecule has 1 fully saturated rings. The molecule has 0 amide bonds. The molecule has 0 radical (unpaired) electrons. The van der Waals surface area contributed by atoms with Gasteiger partial charge in [0, 0.05) is 6.08 Å². The number of carbonyl (C=O) groups excluding carboxylic acids is 1. The Balaban J connectivity index is 1.99. The van der Waals surface area contributed by atoms with E-state index in [1.165, 1.54) is 6.08 Å². The van der Waals surface area contributed by atoms with Gasteiger partial charge in [0.15, 0.2) is 6.29 Å². The van der Waals surface area contributed by atoms with Gasteiger partial charge in [-0.05, 0) is 25.7 Å². The third kappa shape index (κ3) is 5.88. The summed E-state index contributed by atoms with van der Waals surface area (Å²) in [5.41, 5.74) is 0. The second kappa shape index (κ2) is 10.0. The molecule has 6 unspecified atom stereocenters. The largest absolute Gasteiger partial charge is 0.462 e. The van der Waals surface area contributed by atoms with Crippen molar-refractivity contribution in [2.24, 2.45) is 0 Å². The van der Waals surface area contributed by atoms with Gasteiger partial charge in [-0.25, -0.2) is 4.79 Å². The maximum Gasteiger partial charge on any atom is 0.330 e. The summed E-state index contributed by atoms with van der Waals surface area (Å²) in [6, 6.07) is 0. The molecule has 6 atom stereocenters. The van der Waals surface area contributed by atoms with E-state index in [1.807, 2.05) is 12.2 Å². The topological polar surface area (TPSA) is 126 Å². The summed E-state index contributed by atoms with van der Waals surface area (Å²) < 4.78 is 16.1. The van der Waals surface area contributed by atoms with Crippen molar-refractivity contribution in [2.45, 2.75) is 62.5 Å². The summed E-state index contributed by atoms with van der Waals surface area (Å²) in [4.78, 5) is 11.4. The molecule has 0 aromatic rings. The van der Waals surface area contributed by atoms with Crippen LogP contribution in [0.15, 0.2) is 24.3 Å². The van der Waals surface area contributed by atoms with Gasteiger partial charge in [-0.2, -0.15) is 0 Å². The molecule has 25 heavy (non-hydrogen) atoms. The van der Waals surface area contributed by atoms with Crippen LogP contribution in [0.5, 0.6) is 0 Å². The summed E-state index contributed by atoms with van der Waals surface area (Å²) in [5, 5.41) is 38.9. The second-order valence-corrected chi connectivity index (χ2v) is 6.10. The van der Waals surface area contributed by atoms with Crippen LogP contribution >= 0.6 is 0 Å². The lowest BCUT2D eigenvalue weighted by Crippen LogP contribution is -2.59. The Morgan fingerprint density at radius 3 is 2.64 bits per heavy atom. The fourth-order valence-corrected chi connectivity index (χ4v) is 2.71. The molecule has 0 aliphatic carbocycles. The quantitative estimate of drug-likeness (QED) is 0.389. The molecular formula is C17H26O8. The first-order valence-electron chi connectivity index (χ1n) is 8.47. The smallest absolute Gasteiger partial charge is 0.330 e. The average molecular weight is 358 g/mol. The molecule has 4 N–H and O–H groups in total. The van der Waals surface area contributed by atoms with Crippen LogP contribution in [0, 0.1) is 0 Å². The lowest BCUT2D eigenvalue weighted by Gasteiger charge is -2.40. The van der Waals surface area contributed by atoms with E-state index in [2.05, 4.69) is 0 Å². The number of rotatable bonds is 3. The number of hydrogen-bond donors (Lipinski definition) is 4. The highest BCUT2D eigenvalue weighted by molar-refractivity contribution is 5.81. The van der Waals surface area contributed by atoms with E-state index in [0.717, 1.165) is 0 Å². The number of cyclic esters (lactones) is 1. The van der Waals surface area contributed by atoms with Gasteiger partial charge in [0.1, 0.15) is 24.4 Å². The Labute approximate surface area is 146 Å². The number of aliphatic hydroxyl groups is 4. The first-order valence-corrected chi connectivity index (χ1v) is 8.47. The van der Waals surface area contributed by atoms with E-state index in [4.69, 9.17) is 14.2 Å². The SMILES string of the molecule is O=C1C=CCCC(OC2OC(CO)C(O)C(O)C2O)CC=CCCO1. The molecule has 2 heterocycles. The maximum absolute atomic E-state index is 11.4. The summed E-state index contributed by atoms with van der Waals surface area (Å²) in [6.45, 7) is -0.196. The van der Waals surface area contributed by atoms with Crippen LogP contribution < -0.4 is 0 Å². The second-order valence-electron chi connectivity index (χ2n) is 6.10. The lowest BCUT2D eigenvalue weighted by atomic mass is 9.99. The molecule has 2 aliphatic rings. The van der Waals surface area contributed by atoms with Gasteiger partial charge in [-0.15, -0.1) is 0 Å². The van der Waals surface area contributed by atoms with Crippen molar-refractivity contribution in [2.75, 3.05) is 13.2 Å². The minimum absolute atomic E-state index is 0.303. The monoisotopic (exact) mass is 358 g/mol. The van der Waals surface area contributed by atoms with E-state index in [9.17, 15) is 25.2 Å². The van der Waals surface area contributed by atoms with Crippen LogP contribution in [0.2, 0.25) is 0 Å². The first kappa shape index (κ1) is 20.0. The van der Waals surface area contributed by atoms with Crippen molar-refractivity contribution >= 4 is 5.97 Å². The van der Waals surface area contributed by atoms with Gasteiger partial charge >= 0.3 is 5.97 Å². The van der Waals surface area contributed by atoms with Crippen LogP contribution in [-0.4, -0.2) is 76.4 Å². The Hall–Kier alpha value is -1.29. The van der Waals surface area contributed by atoms with Crippen LogP contribution in [-0.2, 0) is 19.0 Å². The van der Waals surface area contributed by atoms with Crippen molar-refractivity contribution in [3.8, 4) is 0 Å². The highest BCUT2D eigenvalue weighted by Gasteiger charge is 2.44. The highest BCUT2D eigenvalue weighted by Crippen LogP contribution is 2.24. The van der Waals surface area contributed by atoms with Gasteiger partial charge in [0.25, 0.3) is 0 Å². The number of carbonyl (C=O) groups is 1. The van der Waals surface area contributed by atoms with Crippen molar-refractivity contribution < 1.29 is 39.4 Å². The van der Waals surface area contributed by atoms with Crippen molar-refractivity contribution in [3.05, 3.63) is 24.3 Å². The Morgan fingerprint density at radius 2 is 1.88 bits per heavy atom. The summed E-state index contributed by atoms with van der Waals surface area (Å²) in [6.07, 6.45) is 2.32. The Kier molecular flexibility index (Phi) is 8.01. The number of aliphatic hydroxyl groups excluding tert-OH is 4. The Morgan fingerprint density at radius 1 is 1.08 bits per heavy atom. The van der Waals surface area contributed by atoms with Gasteiger partial charge in [-0.3, -0.25) is 0 Å². The summed E-state index contributed by atoms with van der Waals surface area (Å²) in [7, 11) is 0. The summed E-state index contributed by atoms with van der Waals surface area (Å²) >= 11 is 0. The average Bonchev–Trinajstić information content (AvgIpc) is 2.60. The molecule has 0 spiro atoms. The van der Waals surface area contributed by atoms with Crippen molar-refractivity contribution in [3.63, 3.8) is 0 Å². The van der Waals surface area contributed by atoms with Gasteiger partial charge in [0.05, 0.1) is 19.3 Å². The van der Waals surface area contributed by atoms with Crippen LogP contribution in [0.25, 0.3) is 0 Å². The molecule has 8 nitrogen and oxygen atoms in total. The summed E-state index contributed by atoms with van der Waals surface area (Å²) in [5.74, 6) is -0.389. The number of allylic oxidation sites excluding steroid dienone is 1. The normalized spacial score (nSPS) is 37.8. The third-order valence-corrected chi connectivity index (χ3v) is 4.18. The zero-order chi connectivity index (χ0) is 18.2. The van der Waals surface area contributed by atoms with Gasteiger partial charge in [0.2, 0.25) is 0 Å². The molecule has 142 valence electrons. The molecule has 8 heteroatoms. The Bertz CT molecular complexity index is 475. The van der Waals surface area contributed by atoms with E-state index < -0.39 is 37.3 Å². The van der Waals surface area contributed by atoms with Crippen molar-refractivity contribution in [1.82, 2.24) is 0 Å². The van der Waals surface area contributed by atoms with Gasteiger partial charge < -0.3 is 34.6 Å². The third-order valence-electron chi connectivity index (χ3n) is 4.18. The molecule has 0 aromatic heterocycles.